The highest BCUT2D eigenvalue weighted by Crippen LogP contribution is 2.26. The summed E-state index contributed by atoms with van der Waals surface area (Å²) >= 11 is 6.05. The largest absolute Gasteiger partial charge is 0.495 e. The van der Waals surface area contributed by atoms with Crippen molar-refractivity contribution in [1.82, 2.24) is 0 Å². The van der Waals surface area contributed by atoms with Crippen molar-refractivity contribution in [3.8, 4) is 11.8 Å². The molecule has 0 fully saturated rings. The molecule has 0 aliphatic carbocycles. The summed E-state index contributed by atoms with van der Waals surface area (Å²) in [6.45, 7) is 1.89. The first kappa shape index (κ1) is 18.2. The number of carbonyl (C=O) groups is 1. The van der Waals surface area contributed by atoms with Crippen LogP contribution < -0.4 is 21.1 Å². The second-order valence-corrected chi connectivity index (χ2v) is 5.62. The van der Waals surface area contributed by atoms with E-state index in [1.165, 1.54) is 13.3 Å². The van der Waals surface area contributed by atoms with Crippen molar-refractivity contribution < 1.29 is 9.53 Å². The molecule has 2 aromatic rings. The average molecular weight is 357 g/mol. The summed E-state index contributed by atoms with van der Waals surface area (Å²) in [6, 6.07) is 12.1. The molecule has 25 heavy (non-hydrogen) atoms. The number of hydrogen-bond acceptors (Lipinski definition) is 5. The van der Waals surface area contributed by atoms with Gasteiger partial charge in [-0.15, -0.1) is 0 Å². The van der Waals surface area contributed by atoms with Crippen LogP contribution in [0.2, 0.25) is 5.02 Å². The summed E-state index contributed by atoms with van der Waals surface area (Å²) in [5.41, 5.74) is 8.00. The van der Waals surface area contributed by atoms with E-state index in [1.54, 1.807) is 30.3 Å². The molecule has 0 saturated heterocycles. The molecule has 4 N–H and O–H groups in total. The Balaban J connectivity index is 2.18. The van der Waals surface area contributed by atoms with E-state index in [-0.39, 0.29) is 5.57 Å². The lowest BCUT2D eigenvalue weighted by Crippen LogP contribution is -2.15. The Kier molecular flexibility index (Phi) is 5.88. The molecule has 6 nitrogen and oxygen atoms in total. The van der Waals surface area contributed by atoms with E-state index < -0.39 is 5.91 Å². The first-order chi connectivity index (χ1) is 11.9. The van der Waals surface area contributed by atoms with Crippen LogP contribution >= 0.6 is 11.6 Å². The highest BCUT2D eigenvalue weighted by molar-refractivity contribution is 6.33. The maximum Gasteiger partial charge on any atom is 0.267 e. The second kappa shape index (κ2) is 8.08. The minimum Gasteiger partial charge on any atom is -0.495 e. The van der Waals surface area contributed by atoms with Gasteiger partial charge in [0.05, 0.1) is 23.5 Å². The minimum absolute atomic E-state index is 0.114. The Morgan fingerprint density at radius 3 is 2.68 bits per heavy atom. The van der Waals surface area contributed by atoms with Gasteiger partial charge in [-0.25, -0.2) is 0 Å². The van der Waals surface area contributed by atoms with E-state index in [0.717, 1.165) is 5.56 Å². The zero-order chi connectivity index (χ0) is 18.4. The standard InChI is InChI=1S/C18H17ClN4O2/c1-11-3-6-17(25-2)16(7-11)23-18(24)12(9-20)10-22-15-5-4-13(21)8-14(15)19/h3-8,10,22H,21H2,1-2H3,(H,23,24)/b12-10-. The molecule has 1 amide bonds. The topological polar surface area (TPSA) is 100 Å². The van der Waals surface area contributed by atoms with Crippen molar-refractivity contribution >= 4 is 34.6 Å². The number of nitriles is 1. The number of amides is 1. The number of halogens is 1. The Hall–Kier alpha value is -3.17. The number of ether oxygens (including phenoxy) is 1. The molecule has 0 radical (unpaired) electrons. The van der Waals surface area contributed by atoms with Crippen LogP contribution in [0.4, 0.5) is 17.1 Å². The molecule has 0 unspecified atom stereocenters. The molecule has 128 valence electrons. The normalized spacial score (nSPS) is 10.7. The van der Waals surface area contributed by atoms with Gasteiger partial charge in [0.25, 0.3) is 5.91 Å². The first-order valence-electron chi connectivity index (χ1n) is 7.32. The molecule has 0 aliphatic heterocycles. The van der Waals surface area contributed by atoms with Gasteiger partial charge in [-0.3, -0.25) is 4.79 Å². The van der Waals surface area contributed by atoms with Crippen LogP contribution in [-0.4, -0.2) is 13.0 Å². The third-order valence-electron chi connectivity index (χ3n) is 3.33. The number of carbonyl (C=O) groups excluding carboxylic acids is 1. The highest BCUT2D eigenvalue weighted by atomic mass is 35.5. The van der Waals surface area contributed by atoms with Crippen LogP contribution in [0.1, 0.15) is 5.56 Å². The number of nitrogens with one attached hydrogen (secondary N) is 2. The molecule has 0 heterocycles. The lowest BCUT2D eigenvalue weighted by molar-refractivity contribution is -0.112. The summed E-state index contributed by atoms with van der Waals surface area (Å²) in [7, 11) is 1.51. The van der Waals surface area contributed by atoms with E-state index in [1.807, 2.05) is 19.1 Å². The fraction of sp³-hybridized carbons (Fsp3) is 0.111. The van der Waals surface area contributed by atoms with Crippen molar-refractivity contribution in [3.63, 3.8) is 0 Å². The fourth-order valence-corrected chi connectivity index (χ4v) is 2.30. The van der Waals surface area contributed by atoms with Gasteiger partial charge < -0.3 is 21.1 Å². The Morgan fingerprint density at radius 2 is 2.04 bits per heavy atom. The number of benzene rings is 2. The number of hydrogen-bond donors (Lipinski definition) is 3. The van der Waals surface area contributed by atoms with E-state index in [0.29, 0.717) is 27.8 Å². The predicted octanol–water partition coefficient (Wildman–Crippen LogP) is 3.70. The van der Waals surface area contributed by atoms with Gasteiger partial charge in [0, 0.05) is 11.9 Å². The molecule has 0 atom stereocenters. The van der Waals surface area contributed by atoms with E-state index in [9.17, 15) is 10.1 Å². The molecule has 0 aliphatic rings. The highest BCUT2D eigenvalue weighted by Gasteiger charge is 2.13. The molecule has 0 saturated carbocycles. The zero-order valence-corrected chi connectivity index (χ0v) is 14.5. The Bertz CT molecular complexity index is 872. The van der Waals surface area contributed by atoms with Crippen LogP contribution in [0.25, 0.3) is 0 Å². The summed E-state index contributed by atoms with van der Waals surface area (Å²) in [4.78, 5) is 12.3. The predicted molar refractivity (Wildman–Crippen MR) is 99.5 cm³/mol. The molecule has 2 rings (SSSR count). The minimum atomic E-state index is -0.564. The summed E-state index contributed by atoms with van der Waals surface area (Å²) in [6.07, 6.45) is 1.29. The van der Waals surface area contributed by atoms with Gasteiger partial charge >= 0.3 is 0 Å². The monoisotopic (exact) mass is 356 g/mol. The number of methoxy groups -OCH3 is 1. The van der Waals surface area contributed by atoms with E-state index in [2.05, 4.69) is 10.6 Å². The molecule has 0 spiro atoms. The van der Waals surface area contributed by atoms with Gasteiger partial charge in [-0.2, -0.15) is 5.26 Å². The summed E-state index contributed by atoms with van der Waals surface area (Å²) in [5, 5.41) is 15.1. The number of aryl methyl sites for hydroxylation is 1. The van der Waals surface area contributed by atoms with Gasteiger partial charge in [0.2, 0.25) is 0 Å². The fourth-order valence-electron chi connectivity index (χ4n) is 2.06. The Labute approximate surface area is 150 Å². The molecule has 2 aromatic carbocycles. The molecular weight excluding hydrogens is 340 g/mol. The number of nitrogens with two attached hydrogens (primary N) is 1. The first-order valence-corrected chi connectivity index (χ1v) is 7.70. The van der Waals surface area contributed by atoms with E-state index in [4.69, 9.17) is 22.1 Å². The van der Waals surface area contributed by atoms with Crippen LogP contribution in [0.5, 0.6) is 5.75 Å². The third-order valence-corrected chi connectivity index (χ3v) is 3.65. The van der Waals surface area contributed by atoms with Crippen molar-refractivity contribution in [1.29, 1.82) is 5.26 Å². The van der Waals surface area contributed by atoms with E-state index >= 15 is 0 Å². The SMILES string of the molecule is COc1ccc(C)cc1NC(=O)/C(C#N)=C\Nc1ccc(N)cc1Cl. The summed E-state index contributed by atoms with van der Waals surface area (Å²) in [5.74, 6) is -0.0590. The number of nitrogens with zero attached hydrogens (tertiary/aromatic N) is 1. The molecular formula is C18H17ClN4O2. The average Bonchev–Trinajstić information content (AvgIpc) is 2.57. The lowest BCUT2D eigenvalue weighted by atomic mass is 10.2. The van der Waals surface area contributed by atoms with Crippen LogP contribution in [0, 0.1) is 18.3 Å². The second-order valence-electron chi connectivity index (χ2n) is 5.21. The van der Waals surface area contributed by atoms with Crippen LogP contribution in [0.15, 0.2) is 48.2 Å². The van der Waals surface area contributed by atoms with Gasteiger partial charge in [-0.1, -0.05) is 17.7 Å². The van der Waals surface area contributed by atoms with Crippen molar-refractivity contribution in [2.75, 3.05) is 23.5 Å². The Morgan fingerprint density at radius 1 is 1.28 bits per heavy atom. The third kappa shape index (κ3) is 4.66. The lowest BCUT2D eigenvalue weighted by Gasteiger charge is -2.11. The number of rotatable bonds is 5. The zero-order valence-electron chi connectivity index (χ0n) is 13.8. The molecule has 7 heteroatoms. The van der Waals surface area contributed by atoms with Crippen LogP contribution in [-0.2, 0) is 4.79 Å². The quantitative estimate of drug-likeness (QED) is 0.431. The van der Waals surface area contributed by atoms with Crippen molar-refractivity contribution in [2.24, 2.45) is 0 Å². The maximum absolute atomic E-state index is 12.3. The van der Waals surface area contributed by atoms with Gasteiger partial charge in [0.15, 0.2) is 0 Å². The van der Waals surface area contributed by atoms with Crippen molar-refractivity contribution in [2.45, 2.75) is 6.92 Å². The van der Waals surface area contributed by atoms with Crippen LogP contribution in [0.3, 0.4) is 0 Å². The number of anilines is 3. The maximum atomic E-state index is 12.3. The molecule has 0 aromatic heterocycles. The molecule has 0 bridgehead atoms. The number of nitrogen functional groups attached to an aromatic ring is 1. The smallest absolute Gasteiger partial charge is 0.267 e. The van der Waals surface area contributed by atoms with Gasteiger partial charge in [0.1, 0.15) is 17.4 Å². The summed E-state index contributed by atoms with van der Waals surface area (Å²) < 4.78 is 5.21. The van der Waals surface area contributed by atoms with Gasteiger partial charge in [-0.05, 0) is 42.8 Å². The van der Waals surface area contributed by atoms with Crippen molar-refractivity contribution in [3.05, 3.63) is 58.8 Å².